The number of imide groups is 1. The lowest BCUT2D eigenvalue weighted by molar-refractivity contribution is -0.137. The van der Waals surface area contributed by atoms with Crippen molar-refractivity contribution in [3.05, 3.63) is 101 Å². The highest BCUT2D eigenvalue weighted by Gasteiger charge is 2.41. The Labute approximate surface area is 188 Å². The number of likely N-dealkylation sites (N-methyl/N-ethyl adjacent to an activating group) is 1. The highest BCUT2D eigenvalue weighted by Crippen LogP contribution is 2.35. The van der Waals surface area contributed by atoms with Crippen LogP contribution in [0.25, 0.3) is 5.57 Å². The number of rotatable bonds is 6. The van der Waals surface area contributed by atoms with Gasteiger partial charge in [0.1, 0.15) is 11.4 Å². The van der Waals surface area contributed by atoms with Crippen molar-refractivity contribution in [2.45, 2.75) is 20.4 Å². The van der Waals surface area contributed by atoms with Crippen molar-refractivity contribution in [1.82, 2.24) is 4.90 Å². The predicted molar refractivity (Wildman–Crippen MR) is 126 cm³/mol. The molecule has 32 heavy (non-hydrogen) atoms. The second kappa shape index (κ2) is 8.71. The standard InChI is InChI=1S/C27H26N2O3/c1-18-10-13-21(16-19(18)2)24-25(28(3)22-8-6-5-7-9-22)27(31)29(26(24)30)17-20-11-14-23(32-4)15-12-20/h5-16H,17H2,1-4H3. The van der Waals surface area contributed by atoms with Crippen molar-refractivity contribution in [3.8, 4) is 5.75 Å². The van der Waals surface area contributed by atoms with Gasteiger partial charge in [0, 0.05) is 12.7 Å². The van der Waals surface area contributed by atoms with E-state index in [0.717, 1.165) is 33.7 Å². The summed E-state index contributed by atoms with van der Waals surface area (Å²) in [5, 5.41) is 0. The smallest absolute Gasteiger partial charge is 0.278 e. The van der Waals surface area contributed by atoms with Gasteiger partial charge < -0.3 is 9.64 Å². The molecular formula is C27H26N2O3. The van der Waals surface area contributed by atoms with Gasteiger partial charge >= 0.3 is 0 Å². The molecule has 0 radical (unpaired) electrons. The summed E-state index contributed by atoms with van der Waals surface area (Å²) in [5.41, 5.74) is 5.48. The van der Waals surface area contributed by atoms with E-state index in [1.165, 1.54) is 4.90 Å². The summed E-state index contributed by atoms with van der Waals surface area (Å²) >= 11 is 0. The Morgan fingerprint density at radius 1 is 0.844 bits per heavy atom. The van der Waals surface area contributed by atoms with Crippen LogP contribution in [0.4, 0.5) is 5.69 Å². The fourth-order valence-corrected chi connectivity index (χ4v) is 3.87. The van der Waals surface area contributed by atoms with Crippen molar-refractivity contribution >= 4 is 23.1 Å². The fraction of sp³-hybridized carbons (Fsp3) is 0.185. The van der Waals surface area contributed by atoms with Crippen LogP contribution < -0.4 is 9.64 Å². The molecule has 1 aliphatic rings. The number of benzene rings is 3. The Kier molecular flexibility index (Phi) is 5.82. The molecule has 0 atom stereocenters. The summed E-state index contributed by atoms with van der Waals surface area (Å²) in [6, 6.07) is 22.9. The highest BCUT2D eigenvalue weighted by atomic mass is 16.5. The minimum Gasteiger partial charge on any atom is -0.497 e. The van der Waals surface area contributed by atoms with Gasteiger partial charge in [-0.2, -0.15) is 0 Å². The lowest BCUT2D eigenvalue weighted by atomic mass is 9.99. The molecule has 0 spiro atoms. The fourth-order valence-electron chi connectivity index (χ4n) is 3.87. The van der Waals surface area contributed by atoms with Crippen LogP contribution in [0.5, 0.6) is 5.75 Å². The second-order valence-corrected chi connectivity index (χ2v) is 7.96. The molecule has 5 nitrogen and oxygen atoms in total. The third kappa shape index (κ3) is 3.89. The lowest BCUT2D eigenvalue weighted by Gasteiger charge is -2.21. The van der Waals surface area contributed by atoms with Gasteiger partial charge in [-0.3, -0.25) is 14.5 Å². The van der Waals surface area contributed by atoms with E-state index in [0.29, 0.717) is 11.3 Å². The summed E-state index contributed by atoms with van der Waals surface area (Å²) < 4.78 is 5.21. The van der Waals surface area contributed by atoms with E-state index >= 15 is 0 Å². The summed E-state index contributed by atoms with van der Waals surface area (Å²) in [5.74, 6) is 0.142. The van der Waals surface area contributed by atoms with E-state index in [1.807, 2.05) is 93.7 Å². The maximum absolute atomic E-state index is 13.6. The largest absolute Gasteiger partial charge is 0.497 e. The number of para-hydroxylation sites is 1. The molecule has 0 fully saturated rings. The Hall–Kier alpha value is -3.86. The maximum Gasteiger partial charge on any atom is 0.278 e. The number of carbonyl (C=O) groups is 2. The van der Waals surface area contributed by atoms with Gasteiger partial charge in [-0.1, -0.05) is 48.5 Å². The number of amides is 2. The first kappa shape index (κ1) is 21.4. The van der Waals surface area contributed by atoms with Crippen molar-refractivity contribution in [2.75, 3.05) is 19.1 Å². The minimum atomic E-state index is -0.301. The summed E-state index contributed by atoms with van der Waals surface area (Å²) in [7, 11) is 3.43. The van der Waals surface area contributed by atoms with Crippen LogP contribution in [0.3, 0.4) is 0 Å². The van der Waals surface area contributed by atoms with Crippen LogP contribution in [0.2, 0.25) is 0 Å². The van der Waals surface area contributed by atoms with E-state index in [2.05, 4.69) is 0 Å². The Morgan fingerprint density at radius 2 is 1.53 bits per heavy atom. The van der Waals surface area contributed by atoms with Gasteiger partial charge in [0.15, 0.2) is 0 Å². The Bertz CT molecular complexity index is 1200. The van der Waals surface area contributed by atoms with Crippen LogP contribution >= 0.6 is 0 Å². The Balaban J connectivity index is 1.77. The van der Waals surface area contributed by atoms with E-state index in [4.69, 9.17) is 4.74 Å². The second-order valence-electron chi connectivity index (χ2n) is 7.96. The molecule has 3 aromatic rings. The van der Waals surface area contributed by atoms with Crippen LogP contribution in [0.1, 0.15) is 22.3 Å². The predicted octanol–water partition coefficient (Wildman–Crippen LogP) is 4.73. The summed E-state index contributed by atoms with van der Waals surface area (Å²) in [6.07, 6.45) is 0. The molecular weight excluding hydrogens is 400 g/mol. The maximum atomic E-state index is 13.6. The van der Waals surface area contributed by atoms with E-state index < -0.39 is 0 Å². The third-order valence-corrected chi connectivity index (χ3v) is 5.92. The first-order chi connectivity index (χ1) is 15.4. The number of hydrogen-bond acceptors (Lipinski definition) is 4. The Morgan fingerprint density at radius 3 is 2.16 bits per heavy atom. The van der Waals surface area contributed by atoms with Crippen LogP contribution in [0.15, 0.2) is 78.5 Å². The number of nitrogens with zero attached hydrogens (tertiary/aromatic N) is 2. The van der Waals surface area contributed by atoms with Gasteiger partial charge in [-0.25, -0.2) is 0 Å². The minimum absolute atomic E-state index is 0.197. The zero-order chi connectivity index (χ0) is 22.8. The molecule has 0 N–H and O–H groups in total. The number of hydrogen-bond donors (Lipinski definition) is 0. The molecule has 0 aromatic heterocycles. The normalized spacial score (nSPS) is 13.7. The molecule has 0 saturated carbocycles. The zero-order valence-corrected chi connectivity index (χ0v) is 18.8. The van der Waals surface area contributed by atoms with E-state index in [1.54, 1.807) is 12.0 Å². The number of anilines is 1. The molecule has 0 unspecified atom stereocenters. The first-order valence-corrected chi connectivity index (χ1v) is 10.5. The van der Waals surface area contributed by atoms with Gasteiger partial charge in [0.2, 0.25) is 0 Å². The lowest BCUT2D eigenvalue weighted by Crippen LogP contribution is -2.33. The number of ether oxygens (including phenoxy) is 1. The van der Waals surface area contributed by atoms with Crippen molar-refractivity contribution in [1.29, 1.82) is 0 Å². The third-order valence-electron chi connectivity index (χ3n) is 5.92. The first-order valence-electron chi connectivity index (χ1n) is 10.5. The number of carbonyl (C=O) groups excluding carboxylic acids is 2. The molecule has 1 aliphatic heterocycles. The molecule has 4 rings (SSSR count). The molecule has 0 saturated heterocycles. The molecule has 5 heteroatoms. The van der Waals surface area contributed by atoms with Gasteiger partial charge in [-0.15, -0.1) is 0 Å². The zero-order valence-electron chi connectivity index (χ0n) is 18.8. The molecule has 1 heterocycles. The topological polar surface area (TPSA) is 49.9 Å². The van der Waals surface area contributed by atoms with E-state index in [9.17, 15) is 9.59 Å². The summed E-state index contributed by atoms with van der Waals surface area (Å²) in [4.78, 5) is 30.3. The molecule has 2 amide bonds. The van der Waals surface area contributed by atoms with Crippen LogP contribution in [0, 0.1) is 13.8 Å². The van der Waals surface area contributed by atoms with Gasteiger partial charge in [-0.05, 0) is 60.4 Å². The monoisotopic (exact) mass is 426 g/mol. The quantitative estimate of drug-likeness (QED) is 0.535. The average Bonchev–Trinajstić information content (AvgIpc) is 3.06. The molecule has 162 valence electrons. The van der Waals surface area contributed by atoms with Crippen molar-refractivity contribution in [2.24, 2.45) is 0 Å². The van der Waals surface area contributed by atoms with Crippen molar-refractivity contribution < 1.29 is 14.3 Å². The molecule has 0 aliphatic carbocycles. The molecule has 3 aromatic carbocycles. The van der Waals surface area contributed by atoms with E-state index in [-0.39, 0.29) is 18.4 Å². The average molecular weight is 427 g/mol. The van der Waals surface area contributed by atoms with Crippen LogP contribution in [-0.2, 0) is 16.1 Å². The van der Waals surface area contributed by atoms with Crippen LogP contribution in [-0.4, -0.2) is 30.9 Å². The van der Waals surface area contributed by atoms with Gasteiger partial charge in [0.25, 0.3) is 11.8 Å². The summed E-state index contributed by atoms with van der Waals surface area (Å²) in [6.45, 7) is 4.24. The van der Waals surface area contributed by atoms with Gasteiger partial charge in [0.05, 0.1) is 19.2 Å². The highest BCUT2D eigenvalue weighted by molar-refractivity contribution is 6.36. The SMILES string of the molecule is COc1ccc(CN2C(=O)C(c3ccc(C)c(C)c3)=C(N(C)c3ccccc3)C2=O)cc1. The van der Waals surface area contributed by atoms with Crippen molar-refractivity contribution in [3.63, 3.8) is 0 Å². The molecule has 0 bridgehead atoms. The number of methoxy groups -OCH3 is 1. The number of aryl methyl sites for hydroxylation is 2.